The van der Waals surface area contributed by atoms with E-state index in [1.807, 2.05) is 161 Å². The van der Waals surface area contributed by atoms with Crippen molar-refractivity contribution in [3.05, 3.63) is 186 Å². The van der Waals surface area contributed by atoms with Crippen molar-refractivity contribution in [3.63, 3.8) is 0 Å². The number of hydrogen-bond donors (Lipinski definition) is 2. The van der Waals surface area contributed by atoms with Crippen molar-refractivity contribution in [2.24, 2.45) is 0 Å². The molecule has 8 heterocycles. The van der Waals surface area contributed by atoms with Crippen molar-refractivity contribution < 1.29 is 95.4 Å². The largest absolute Gasteiger partial charge is 0.504 e. The second kappa shape index (κ2) is 36.0. The Morgan fingerprint density at radius 3 is 0.952 bits per heavy atom. The quantitative estimate of drug-likeness (QED) is 0.0333. The van der Waals surface area contributed by atoms with Crippen LogP contribution in [0.4, 0.5) is 52.7 Å². The Kier molecular flexibility index (Phi) is 28.7. The van der Waals surface area contributed by atoms with Crippen molar-refractivity contribution in [3.8, 4) is 84.7 Å². The maximum absolute atomic E-state index is 17.2. The summed E-state index contributed by atoms with van der Waals surface area (Å²) < 4.78 is 240. The minimum Gasteiger partial charge on any atom is -0.504 e. The van der Waals surface area contributed by atoms with Gasteiger partial charge in [-0.3, -0.25) is 0 Å². The number of furan rings is 2. The number of aromatic hydroxyl groups is 2. The van der Waals surface area contributed by atoms with Gasteiger partial charge in [0.05, 0.1) is 29.6 Å². The van der Waals surface area contributed by atoms with E-state index in [0.717, 1.165) is 77.4 Å². The highest BCUT2D eigenvalue weighted by atomic mass is 79.9. The van der Waals surface area contributed by atoms with Crippen LogP contribution < -0.4 is 9.47 Å². The van der Waals surface area contributed by atoms with Crippen molar-refractivity contribution in [1.29, 1.82) is 0 Å². The highest BCUT2D eigenvalue weighted by molar-refractivity contribution is 9.09. The van der Waals surface area contributed by atoms with Gasteiger partial charge in [0.25, 0.3) is 0 Å². The van der Waals surface area contributed by atoms with Crippen molar-refractivity contribution in [1.82, 2.24) is 0 Å². The predicted octanol–water partition coefficient (Wildman–Crippen LogP) is 32.4. The van der Waals surface area contributed by atoms with Gasteiger partial charge in [-0.25, -0.2) is 0 Å². The Morgan fingerprint density at radius 1 is 0.336 bits per heavy atom. The molecule has 676 valence electrons. The summed E-state index contributed by atoms with van der Waals surface area (Å²) in [6.45, 7) is 37.2. The lowest BCUT2D eigenvalue weighted by molar-refractivity contribution is -0.254. The van der Waals surface area contributed by atoms with Crippen molar-refractivity contribution in [2.45, 2.75) is 208 Å². The number of halogens is 13. The fourth-order valence-electron chi connectivity index (χ4n) is 14.2. The maximum atomic E-state index is 17.2. The number of ether oxygens (including phenoxy) is 5. The molecular weight excluding hydrogens is 1810 g/mol. The van der Waals surface area contributed by atoms with E-state index in [4.69, 9.17) is 27.8 Å². The maximum Gasteiger partial charge on any atom is 0.380 e. The molecule has 28 heteroatoms. The summed E-state index contributed by atoms with van der Waals surface area (Å²) in [5.74, 6) is -35.2. The van der Waals surface area contributed by atoms with Crippen LogP contribution in [0.2, 0.25) is 0 Å². The first-order chi connectivity index (χ1) is 57.0. The van der Waals surface area contributed by atoms with Gasteiger partial charge >= 0.3 is 35.5 Å². The average molecular weight is 1920 g/mol. The van der Waals surface area contributed by atoms with Gasteiger partial charge < -0.3 is 42.7 Å². The molecule has 2 aliphatic rings. The van der Waals surface area contributed by atoms with Crippen LogP contribution in [0.1, 0.15) is 192 Å². The molecule has 0 saturated heterocycles. The Hall–Kier alpha value is -7.64. The van der Waals surface area contributed by atoms with Crippen LogP contribution in [-0.2, 0) is 46.7 Å². The Morgan fingerprint density at radius 2 is 0.640 bits per heavy atom. The molecule has 0 saturated carbocycles. The third-order valence-electron chi connectivity index (χ3n) is 21.1. The number of phenolic OH excluding ortho intramolecular Hbond substituents is 2. The molecule has 0 atom stereocenters. The second-order valence-corrected chi connectivity index (χ2v) is 43.8. The molecule has 2 N–H and O–H groups in total. The van der Waals surface area contributed by atoms with Crippen LogP contribution in [-0.4, -0.2) is 105 Å². The zero-order valence-corrected chi connectivity index (χ0v) is 78.5. The lowest BCUT2D eigenvalue weighted by Crippen LogP contribution is -2.48. The fourth-order valence-corrected chi connectivity index (χ4v) is 21.5. The number of alkyl halides is 13. The summed E-state index contributed by atoms with van der Waals surface area (Å²) in [6.07, 6.45) is 0. The first-order valence-electron chi connectivity index (χ1n) is 39.6. The van der Waals surface area contributed by atoms with Gasteiger partial charge in [0.2, 0.25) is 0 Å². The number of phenols is 2. The van der Waals surface area contributed by atoms with Gasteiger partial charge in [-0.1, -0.05) is 204 Å². The molecule has 0 spiro atoms. The van der Waals surface area contributed by atoms with Crippen molar-refractivity contribution >= 4 is 128 Å². The van der Waals surface area contributed by atoms with Gasteiger partial charge in [-0.05, 0) is 116 Å². The second-order valence-electron chi connectivity index (χ2n) is 36.6. The van der Waals surface area contributed by atoms with E-state index in [0.29, 0.717) is 29.3 Å². The number of allylic oxidation sites excluding steroid dienone is 4. The molecule has 2 aliphatic carbocycles. The van der Waals surface area contributed by atoms with E-state index in [-0.39, 0.29) is 134 Å². The summed E-state index contributed by atoms with van der Waals surface area (Å²) in [7, 11) is 4.64. The third kappa shape index (κ3) is 18.8. The van der Waals surface area contributed by atoms with Crippen LogP contribution in [0.15, 0.2) is 142 Å². The van der Waals surface area contributed by atoms with Crippen LogP contribution in [0.5, 0.6) is 23.0 Å². The number of thiophene rings is 6. The molecule has 0 unspecified atom stereocenters. The Balaban J connectivity index is 0.000000246. The highest BCUT2D eigenvalue weighted by Crippen LogP contribution is 2.71. The van der Waals surface area contributed by atoms with Crippen LogP contribution in [0.3, 0.4) is 0 Å². The average Bonchev–Trinajstić information content (AvgIpc) is 1.52. The molecule has 4 aromatic carbocycles. The highest BCUT2D eigenvalue weighted by Gasteiger charge is 2.82. The molecule has 0 aliphatic heterocycles. The zero-order valence-electron chi connectivity index (χ0n) is 72.1. The lowest BCUT2D eigenvalue weighted by atomic mass is 9.86. The summed E-state index contributed by atoms with van der Waals surface area (Å²) in [5, 5.41) is 21.4. The standard InChI is InChI=1S/C49H52F6O5S3.C43H40F6O3S3.C3H7BrO.2CH4/c1-44(2,3)28-14-12-27(13-15-28)42-39(29-24-32(58-22-20-56-10)33(26-31(29)60-42)59-23-21-57-11)41-40(47(50,51)49(54,55)48(41,52)53)30-25-36(34-16-18-37(61-34)45(4,5)6)63-43(30)35-17-19-38(62-35)46(7,8)9;1-38(2,3)22-12-10-21(11-13-22)36-33(23-18-25(50)26(51)20-27(23)52-36)35-34(41(44,45)43(48,49)42(35,46)47)24-19-30(28-14-16-31(53-28)39(4,5)6)55-37(24)29-15-17-32(54-29)40(7,8)9;1-5-3-2-4;;/h12-19,24-26H,20-23H2,1-11H3;10-20,50-51H,1-9H3;2-3H2,1H3;2*1H4. The lowest BCUT2D eigenvalue weighted by Gasteiger charge is -2.26. The summed E-state index contributed by atoms with van der Waals surface area (Å²) in [5.41, 5.74) is -8.35. The monoisotopic (exact) mass is 1910 g/mol. The zero-order chi connectivity index (χ0) is 90.6. The van der Waals surface area contributed by atoms with E-state index >= 15 is 52.7 Å². The molecule has 9 nitrogen and oxygen atoms in total. The summed E-state index contributed by atoms with van der Waals surface area (Å²) in [6, 6.07) is 35.2. The smallest absolute Gasteiger partial charge is 0.380 e. The summed E-state index contributed by atoms with van der Waals surface area (Å²) >= 11 is 10.8. The molecule has 14 rings (SSSR count). The first kappa shape index (κ1) is 99.5. The Labute approximate surface area is 756 Å². The normalized spacial score (nSPS) is 16.1. The van der Waals surface area contributed by atoms with Gasteiger partial charge in [-0.15, -0.1) is 68.0 Å². The molecule has 0 radical (unpaired) electrons. The predicted molar refractivity (Wildman–Crippen MR) is 498 cm³/mol. The van der Waals surface area contributed by atoms with Gasteiger partial charge in [0, 0.05) is 154 Å². The first-order valence-corrected chi connectivity index (χ1v) is 45.6. The van der Waals surface area contributed by atoms with Crippen LogP contribution in [0.25, 0.3) is 106 Å². The molecule has 125 heavy (non-hydrogen) atoms. The Bertz CT molecular complexity index is 5920. The minimum absolute atomic E-state index is 0. The molecule has 8 aromatic heterocycles. The third-order valence-corrected chi connectivity index (χ3v) is 30.5. The number of hydrogen-bond acceptors (Lipinski definition) is 15. The van der Waals surface area contributed by atoms with Gasteiger partial charge in [0.1, 0.15) is 35.9 Å². The fraction of sp³-hybridized carbons (Fsp3) is 0.423. The molecular formula is C97H107BrF12O9S6. The van der Waals surface area contributed by atoms with Crippen molar-refractivity contribution in [2.75, 3.05) is 59.7 Å². The summed E-state index contributed by atoms with van der Waals surface area (Å²) in [4.78, 5) is 7.35. The number of methoxy groups -OCH3 is 3. The topological polar surface area (TPSA) is 113 Å². The minimum atomic E-state index is -5.87. The van der Waals surface area contributed by atoms with E-state index in [9.17, 15) is 10.2 Å². The van der Waals surface area contributed by atoms with E-state index in [1.54, 1.807) is 67.8 Å². The van der Waals surface area contributed by atoms with Crippen LogP contribution in [0, 0.1) is 0 Å². The molecule has 0 fully saturated rings. The van der Waals surface area contributed by atoms with Gasteiger partial charge in [-0.2, -0.15) is 52.7 Å². The van der Waals surface area contributed by atoms with Crippen LogP contribution >= 0.6 is 84.0 Å². The molecule has 0 amide bonds. The van der Waals surface area contributed by atoms with E-state index in [1.165, 1.54) is 83.8 Å². The van der Waals surface area contributed by atoms with E-state index < -0.39 is 97.3 Å². The number of rotatable bonds is 20. The van der Waals surface area contributed by atoms with E-state index in [2.05, 4.69) is 20.7 Å². The molecule has 0 bridgehead atoms. The van der Waals surface area contributed by atoms with Gasteiger partial charge in [0.15, 0.2) is 23.0 Å². The SMILES string of the molecule is C.C.CC(C)(C)c1ccc(-c2oc3cc(O)c(O)cc3c2C2=C(c3cc(-c4ccc(C(C)(C)C)s4)sc3-c3ccc(C(C)(C)C)s3)C(F)(F)C(F)(F)C2(F)F)cc1.COCCBr.COCCOc1cc2oc(-c3ccc(C(C)(C)C)cc3)c(C3=C(c4cc(-c5ccc(C(C)(C)C)s5)sc4-c4ccc(C(C)(C)C)s4)C(F)(F)C(F)(F)C3(F)F)c2cc1OCCOC. The molecule has 12 aromatic rings. The number of fused-ring (bicyclic) bond motifs is 2. The number of benzene rings is 4.